The maximum absolute atomic E-state index is 11.7. The van der Waals surface area contributed by atoms with Gasteiger partial charge in [0.2, 0.25) is 5.91 Å². The van der Waals surface area contributed by atoms with Gasteiger partial charge in [-0.2, -0.15) is 0 Å². The Labute approximate surface area is 128 Å². The first-order valence-corrected chi connectivity index (χ1v) is 7.72. The molecule has 4 heteroatoms. The molecule has 4 nitrogen and oxygen atoms in total. The number of hydrogen-bond acceptors (Lipinski definition) is 3. The zero-order chi connectivity index (χ0) is 15.9. The average molecular weight is 291 g/mol. The summed E-state index contributed by atoms with van der Waals surface area (Å²) in [7, 11) is 2.08. The third kappa shape index (κ3) is 5.38. The Morgan fingerprint density at radius 1 is 1.43 bits per heavy atom. The van der Waals surface area contributed by atoms with Crippen molar-refractivity contribution in [1.82, 2.24) is 5.32 Å². The summed E-state index contributed by atoms with van der Waals surface area (Å²) in [6.07, 6.45) is 2.66. The fourth-order valence-corrected chi connectivity index (χ4v) is 2.36. The summed E-state index contributed by atoms with van der Waals surface area (Å²) in [5, 5.41) is 3.27. The number of benzene rings is 1. The molecule has 0 aromatic heterocycles. The first-order valence-electron chi connectivity index (χ1n) is 7.72. The van der Waals surface area contributed by atoms with Gasteiger partial charge in [-0.1, -0.05) is 19.1 Å². The number of nitrogens with two attached hydrogens (primary N) is 1. The third-order valence-electron chi connectivity index (χ3n) is 3.92. The Bertz CT molecular complexity index is 461. The van der Waals surface area contributed by atoms with Gasteiger partial charge in [-0.15, -0.1) is 0 Å². The van der Waals surface area contributed by atoms with Gasteiger partial charge < -0.3 is 16.0 Å². The van der Waals surface area contributed by atoms with Gasteiger partial charge in [0.15, 0.2) is 0 Å². The second-order valence-corrected chi connectivity index (χ2v) is 5.99. The summed E-state index contributed by atoms with van der Waals surface area (Å²) >= 11 is 0. The molecule has 1 amide bonds. The van der Waals surface area contributed by atoms with Crippen LogP contribution in [0, 0.1) is 6.92 Å². The van der Waals surface area contributed by atoms with Crippen molar-refractivity contribution in [3.05, 3.63) is 29.8 Å². The third-order valence-corrected chi connectivity index (χ3v) is 3.92. The maximum atomic E-state index is 11.7. The van der Waals surface area contributed by atoms with Gasteiger partial charge in [-0.25, -0.2) is 0 Å². The van der Waals surface area contributed by atoms with Crippen LogP contribution in [0.3, 0.4) is 0 Å². The van der Waals surface area contributed by atoms with E-state index in [1.807, 2.05) is 6.92 Å². The highest BCUT2D eigenvalue weighted by atomic mass is 16.1. The van der Waals surface area contributed by atoms with Crippen LogP contribution in [-0.2, 0) is 4.79 Å². The van der Waals surface area contributed by atoms with E-state index in [0.717, 1.165) is 32.4 Å². The van der Waals surface area contributed by atoms with E-state index in [9.17, 15) is 4.79 Å². The average Bonchev–Trinajstić information content (AvgIpc) is 2.44. The number of anilines is 1. The van der Waals surface area contributed by atoms with E-state index in [2.05, 4.69) is 55.4 Å². The molecule has 118 valence electrons. The van der Waals surface area contributed by atoms with Crippen LogP contribution in [0.2, 0.25) is 0 Å². The number of carbonyl (C=O) groups is 1. The number of rotatable bonds is 9. The number of primary amides is 1. The van der Waals surface area contributed by atoms with Crippen LogP contribution in [0.25, 0.3) is 0 Å². The Hall–Kier alpha value is -1.55. The molecule has 0 heterocycles. The van der Waals surface area contributed by atoms with Gasteiger partial charge in [0, 0.05) is 19.3 Å². The summed E-state index contributed by atoms with van der Waals surface area (Å²) in [5.41, 5.74) is 7.40. The minimum atomic E-state index is -0.608. The van der Waals surface area contributed by atoms with Crippen LogP contribution in [-0.4, -0.2) is 31.6 Å². The smallest absolute Gasteiger partial charge is 0.237 e. The highest BCUT2D eigenvalue weighted by Crippen LogP contribution is 2.17. The SMILES string of the molecule is CCCNC(C)(CCCN(C)c1cccc(C)c1)C(N)=O. The summed E-state index contributed by atoms with van der Waals surface area (Å²) in [4.78, 5) is 13.9. The Morgan fingerprint density at radius 2 is 2.14 bits per heavy atom. The summed E-state index contributed by atoms with van der Waals surface area (Å²) in [6.45, 7) is 7.79. The molecule has 0 spiro atoms. The van der Waals surface area contributed by atoms with Gasteiger partial charge in [0.1, 0.15) is 0 Å². The molecule has 0 saturated carbocycles. The minimum absolute atomic E-state index is 0.269. The minimum Gasteiger partial charge on any atom is -0.375 e. The predicted octanol–water partition coefficient (Wildman–Crippen LogP) is 2.46. The quantitative estimate of drug-likeness (QED) is 0.735. The fourth-order valence-electron chi connectivity index (χ4n) is 2.36. The maximum Gasteiger partial charge on any atom is 0.237 e. The van der Waals surface area contributed by atoms with E-state index >= 15 is 0 Å². The lowest BCUT2D eigenvalue weighted by molar-refractivity contribution is -0.124. The van der Waals surface area contributed by atoms with E-state index in [0.29, 0.717) is 0 Å². The van der Waals surface area contributed by atoms with Gasteiger partial charge in [-0.05, 0) is 57.4 Å². The van der Waals surface area contributed by atoms with Crippen molar-refractivity contribution >= 4 is 11.6 Å². The zero-order valence-corrected chi connectivity index (χ0v) is 13.8. The van der Waals surface area contributed by atoms with Crippen LogP contribution >= 0.6 is 0 Å². The molecule has 1 aromatic carbocycles. The Balaban J connectivity index is 2.52. The van der Waals surface area contributed by atoms with E-state index in [1.165, 1.54) is 11.3 Å². The molecule has 1 unspecified atom stereocenters. The highest BCUT2D eigenvalue weighted by Gasteiger charge is 2.29. The molecule has 1 rings (SSSR count). The molecule has 0 aliphatic heterocycles. The van der Waals surface area contributed by atoms with Crippen molar-refractivity contribution < 1.29 is 4.79 Å². The zero-order valence-electron chi connectivity index (χ0n) is 13.8. The topological polar surface area (TPSA) is 58.4 Å². The molecule has 0 radical (unpaired) electrons. The largest absolute Gasteiger partial charge is 0.375 e. The van der Waals surface area contributed by atoms with E-state index in [4.69, 9.17) is 5.73 Å². The van der Waals surface area contributed by atoms with Gasteiger partial charge in [0.25, 0.3) is 0 Å². The Kier molecular flexibility index (Phi) is 6.69. The molecule has 0 bridgehead atoms. The first-order chi connectivity index (χ1) is 9.89. The van der Waals surface area contributed by atoms with Crippen molar-refractivity contribution in [2.45, 2.75) is 45.6 Å². The highest BCUT2D eigenvalue weighted by molar-refractivity contribution is 5.84. The first kappa shape index (κ1) is 17.5. The van der Waals surface area contributed by atoms with Crippen molar-refractivity contribution in [1.29, 1.82) is 0 Å². The van der Waals surface area contributed by atoms with Gasteiger partial charge >= 0.3 is 0 Å². The molecule has 0 aliphatic rings. The number of carbonyl (C=O) groups excluding carboxylic acids is 1. The molecule has 0 aliphatic carbocycles. The van der Waals surface area contributed by atoms with Crippen LogP contribution in [0.4, 0.5) is 5.69 Å². The fraction of sp³-hybridized carbons (Fsp3) is 0.588. The van der Waals surface area contributed by atoms with Crippen LogP contribution in [0.15, 0.2) is 24.3 Å². The number of nitrogens with one attached hydrogen (secondary N) is 1. The molecule has 21 heavy (non-hydrogen) atoms. The van der Waals surface area contributed by atoms with Crippen molar-refractivity contribution in [2.75, 3.05) is 25.0 Å². The number of nitrogens with zero attached hydrogens (tertiary/aromatic N) is 1. The summed E-state index contributed by atoms with van der Waals surface area (Å²) < 4.78 is 0. The number of aryl methyl sites for hydroxylation is 1. The van der Waals surface area contributed by atoms with Gasteiger partial charge in [0.05, 0.1) is 5.54 Å². The number of hydrogen-bond donors (Lipinski definition) is 2. The van der Waals surface area contributed by atoms with Crippen LogP contribution in [0.1, 0.15) is 38.7 Å². The van der Waals surface area contributed by atoms with E-state index in [-0.39, 0.29) is 5.91 Å². The van der Waals surface area contributed by atoms with Gasteiger partial charge in [-0.3, -0.25) is 4.79 Å². The van der Waals surface area contributed by atoms with Crippen LogP contribution in [0.5, 0.6) is 0 Å². The second-order valence-electron chi connectivity index (χ2n) is 5.99. The van der Waals surface area contributed by atoms with Crippen molar-refractivity contribution in [3.8, 4) is 0 Å². The van der Waals surface area contributed by atoms with E-state index < -0.39 is 5.54 Å². The Morgan fingerprint density at radius 3 is 2.71 bits per heavy atom. The van der Waals surface area contributed by atoms with E-state index in [1.54, 1.807) is 0 Å². The lowest BCUT2D eigenvalue weighted by atomic mass is 9.94. The molecule has 0 saturated heterocycles. The van der Waals surface area contributed by atoms with Crippen molar-refractivity contribution in [3.63, 3.8) is 0 Å². The summed E-state index contributed by atoms with van der Waals surface area (Å²) in [6, 6.07) is 8.44. The molecule has 1 aromatic rings. The normalized spacial score (nSPS) is 13.7. The lowest BCUT2D eigenvalue weighted by Gasteiger charge is -2.29. The molecular formula is C17H29N3O. The molecule has 3 N–H and O–H groups in total. The van der Waals surface area contributed by atoms with Crippen molar-refractivity contribution in [2.24, 2.45) is 5.73 Å². The lowest BCUT2D eigenvalue weighted by Crippen LogP contribution is -2.53. The van der Waals surface area contributed by atoms with Crippen LogP contribution < -0.4 is 16.0 Å². The molecular weight excluding hydrogens is 262 g/mol. The molecule has 0 fully saturated rings. The number of amides is 1. The second kappa shape index (κ2) is 8.03. The molecule has 1 atom stereocenters. The predicted molar refractivity (Wildman–Crippen MR) is 89.6 cm³/mol. The standard InChI is InChI=1S/C17H29N3O/c1-5-11-19-17(3,16(18)21)10-7-12-20(4)15-9-6-8-14(2)13-15/h6,8-9,13,19H,5,7,10-12H2,1-4H3,(H2,18,21). The monoisotopic (exact) mass is 291 g/mol. The summed E-state index contributed by atoms with van der Waals surface area (Å²) in [5.74, 6) is -0.269.